The molecule has 4 rings (SSSR count). The van der Waals surface area contributed by atoms with Gasteiger partial charge in [-0.2, -0.15) is 5.10 Å². The predicted molar refractivity (Wildman–Crippen MR) is 105 cm³/mol. The van der Waals surface area contributed by atoms with Gasteiger partial charge in [0.1, 0.15) is 5.82 Å². The first-order chi connectivity index (χ1) is 14.5. The molecule has 1 N–H and O–H groups in total. The Hall–Kier alpha value is -3.23. The Morgan fingerprint density at radius 1 is 1.17 bits per heavy atom. The molecule has 0 bridgehead atoms. The number of nitrogens with zero attached hydrogens (tertiary/aromatic N) is 3. The number of benzene rings is 1. The number of imide groups is 1. The number of hydrogen-bond acceptors (Lipinski definition) is 5. The Morgan fingerprint density at radius 3 is 2.60 bits per heavy atom. The van der Waals surface area contributed by atoms with Crippen LogP contribution in [-0.4, -0.2) is 51.8 Å². The van der Waals surface area contributed by atoms with Gasteiger partial charge in [-0.05, 0) is 56.9 Å². The van der Waals surface area contributed by atoms with E-state index in [1.54, 1.807) is 16.8 Å². The third-order valence-corrected chi connectivity index (χ3v) is 5.45. The monoisotopic (exact) mass is 414 g/mol. The lowest BCUT2D eigenvalue weighted by Crippen LogP contribution is -2.41. The second-order valence-corrected chi connectivity index (χ2v) is 7.49. The summed E-state index contributed by atoms with van der Waals surface area (Å²) in [5.41, 5.74) is 2.54. The van der Waals surface area contributed by atoms with Crippen molar-refractivity contribution in [2.75, 3.05) is 13.1 Å². The highest BCUT2D eigenvalue weighted by molar-refractivity contribution is 5.99. The first-order valence-electron chi connectivity index (χ1n) is 10.1. The summed E-state index contributed by atoms with van der Waals surface area (Å²) in [7, 11) is 0. The molecule has 1 fully saturated rings. The van der Waals surface area contributed by atoms with Gasteiger partial charge in [-0.1, -0.05) is 6.42 Å². The van der Waals surface area contributed by atoms with Gasteiger partial charge in [0.2, 0.25) is 0 Å². The number of esters is 1. The number of hydrogen-bond donors (Lipinski definition) is 1. The molecular formula is C21H23FN4O4. The lowest BCUT2D eigenvalue weighted by molar-refractivity contribution is -0.136. The van der Waals surface area contributed by atoms with E-state index in [0.717, 1.165) is 41.8 Å². The van der Waals surface area contributed by atoms with Crippen LogP contribution in [0.15, 0.2) is 24.3 Å². The molecule has 30 heavy (non-hydrogen) atoms. The molecule has 1 atom stereocenters. The number of rotatable bonds is 4. The van der Waals surface area contributed by atoms with Crippen molar-refractivity contribution >= 4 is 17.9 Å². The summed E-state index contributed by atoms with van der Waals surface area (Å²) in [5.74, 6) is -1.62. The van der Waals surface area contributed by atoms with E-state index >= 15 is 0 Å². The fourth-order valence-electron chi connectivity index (χ4n) is 3.90. The Labute approximate surface area is 173 Å². The number of halogens is 1. The number of carbonyl (C=O) groups excluding carboxylic acids is 3. The minimum Gasteiger partial charge on any atom is -0.448 e. The van der Waals surface area contributed by atoms with Gasteiger partial charge >= 0.3 is 12.0 Å². The summed E-state index contributed by atoms with van der Waals surface area (Å²) in [5, 5.41) is 7.02. The lowest BCUT2D eigenvalue weighted by Gasteiger charge is -2.17. The van der Waals surface area contributed by atoms with Crippen molar-refractivity contribution in [3.8, 4) is 5.69 Å². The van der Waals surface area contributed by atoms with Gasteiger partial charge in [0.15, 0.2) is 11.8 Å². The Kier molecular flexibility index (Phi) is 5.52. The van der Waals surface area contributed by atoms with Crippen LogP contribution in [0.5, 0.6) is 0 Å². The number of urea groups is 1. The zero-order valence-electron chi connectivity index (χ0n) is 16.7. The maximum atomic E-state index is 13.3. The van der Waals surface area contributed by atoms with E-state index in [1.165, 1.54) is 19.1 Å². The van der Waals surface area contributed by atoms with Crippen molar-refractivity contribution in [1.82, 2.24) is 20.0 Å². The van der Waals surface area contributed by atoms with Gasteiger partial charge in [-0.25, -0.2) is 18.7 Å². The number of fused-ring (bicyclic) bond motifs is 1. The lowest BCUT2D eigenvalue weighted by atomic mass is 10.1. The second kappa shape index (κ2) is 8.25. The second-order valence-electron chi connectivity index (χ2n) is 7.49. The zero-order valence-corrected chi connectivity index (χ0v) is 16.7. The molecule has 9 heteroatoms. The first kappa shape index (κ1) is 20.1. The van der Waals surface area contributed by atoms with Crippen LogP contribution in [0.1, 0.15) is 47.9 Å². The Morgan fingerprint density at radius 2 is 1.90 bits per heavy atom. The molecule has 1 aromatic carbocycles. The van der Waals surface area contributed by atoms with Gasteiger partial charge in [-0.3, -0.25) is 9.69 Å². The third kappa shape index (κ3) is 3.79. The van der Waals surface area contributed by atoms with Gasteiger partial charge < -0.3 is 10.1 Å². The minimum atomic E-state index is -1.11. The predicted octanol–water partition coefficient (Wildman–Crippen LogP) is 2.38. The molecule has 8 nitrogen and oxygen atoms in total. The molecule has 2 aromatic rings. The van der Waals surface area contributed by atoms with Crippen molar-refractivity contribution < 1.29 is 23.5 Å². The van der Waals surface area contributed by atoms with Crippen molar-refractivity contribution in [2.45, 2.75) is 45.1 Å². The zero-order chi connectivity index (χ0) is 21.3. The molecule has 0 radical (unpaired) electrons. The molecule has 2 aliphatic rings. The number of nitrogens with one attached hydrogen (secondary N) is 1. The van der Waals surface area contributed by atoms with Crippen LogP contribution in [0, 0.1) is 5.82 Å². The number of carbonyl (C=O) groups is 3. The van der Waals surface area contributed by atoms with E-state index in [1.807, 2.05) is 0 Å². The van der Waals surface area contributed by atoms with Crippen LogP contribution in [0.2, 0.25) is 0 Å². The van der Waals surface area contributed by atoms with E-state index in [9.17, 15) is 18.8 Å². The van der Waals surface area contributed by atoms with Gasteiger partial charge in [0, 0.05) is 24.3 Å². The molecule has 3 amide bonds. The van der Waals surface area contributed by atoms with Crippen LogP contribution in [0.4, 0.5) is 9.18 Å². The van der Waals surface area contributed by atoms with Gasteiger partial charge in [0.05, 0.1) is 5.69 Å². The summed E-state index contributed by atoms with van der Waals surface area (Å²) in [6.45, 7) is 2.07. The molecule has 158 valence electrons. The van der Waals surface area contributed by atoms with E-state index in [2.05, 4.69) is 10.4 Å². The van der Waals surface area contributed by atoms with Crippen molar-refractivity contribution in [2.24, 2.45) is 0 Å². The fourth-order valence-corrected chi connectivity index (χ4v) is 3.90. The van der Waals surface area contributed by atoms with Crippen LogP contribution in [0.25, 0.3) is 5.69 Å². The maximum absolute atomic E-state index is 13.3. The molecule has 0 saturated carbocycles. The minimum absolute atomic E-state index is 0.168. The average molecular weight is 414 g/mol. The number of aromatic nitrogens is 2. The molecule has 0 unspecified atom stereocenters. The molecule has 1 aliphatic heterocycles. The smallest absolute Gasteiger partial charge is 0.359 e. The summed E-state index contributed by atoms with van der Waals surface area (Å²) in [4.78, 5) is 38.1. The molecule has 2 heterocycles. The van der Waals surface area contributed by atoms with Crippen molar-refractivity contribution in [3.63, 3.8) is 0 Å². The summed E-state index contributed by atoms with van der Waals surface area (Å²) >= 11 is 0. The highest BCUT2D eigenvalue weighted by Gasteiger charge is 2.33. The average Bonchev–Trinajstić information content (AvgIpc) is 3.23. The van der Waals surface area contributed by atoms with E-state index in [-0.39, 0.29) is 18.1 Å². The van der Waals surface area contributed by atoms with Crippen molar-refractivity contribution in [3.05, 3.63) is 47.0 Å². The van der Waals surface area contributed by atoms with E-state index < -0.39 is 24.0 Å². The standard InChI is InChI=1S/C21H23FN4O4/c1-13(19(27)25-12-11-23-21(25)29)30-20(28)18-16-5-3-2-4-6-17(16)26(24-18)15-9-7-14(22)8-10-15/h7-10,13H,2-6,11-12H2,1H3,(H,23,29)/t13-/m1/s1. The first-order valence-corrected chi connectivity index (χ1v) is 10.1. The summed E-state index contributed by atoms with van der Waals surface area (Å²) < 4.78 is 20.4. The van der Waals surface area contributed by atoms with E-state index in [4.69, 9.17) is 4.74 Å². The number of ether oxygens (including phenoxy) is 1. The number of amides is 3. The third-order valence-electron chi connectivity index (χ3n) is 5.45. The topological polar surface area (TPSA) is 93.5 Å². The highest BCUT2D eigenvalue weighted by atomic mass is 19.1. The van der Waals surface area contributed by atoms with Crippen LogP contribution in [0.3, 0.4) is 0 Å². The van der Waals surface area contributed by atoms with E-state index in [0.29, 0.717) is 18.7 Å². The summed E-state index contributed by atoms with van der Waals surface area (Å²) in [6, 6.07) is 5.43. The molecule has 1 aliphatic carbocycles. The molecule has 1 saturated heterocycles. The summed E-state index contributed by atoms with van der Waals surface area (Å²) in [6.07, 6.45) is 3.23. The van der Waals surface area contributed by atoms with Gasteiger partial charge in [0.25, 0.3) is 5.91 Å². The largest absolute Gasteiger partial charge is 0.448 e. The normalized spacial score (nSPS) is 17.1. The molecule has 1 aromatic heterocycles. The van der Waals surface area contributed by atoms with Crippen LogP contribution >= 0.6 is 0 Å². The SMILES string of the molecule is C[C@@H](OC(=O)c1nn(-c2ccc(F)cc2)c2c1CCCCC2)C(=O)N1CCNC1=O. The van der Waals surface area contributed by atoms with Crippen molar-refractivity contribution in [1.29, 1.82) is 0 Å². The highest BCUT2D eigenvalue weighted by Crippen LogP contribution is 2.27. The fraction of sp³-hybridized carbons (Fsp3) is 0.429. The maximum Gasteiger partial charge on any atom is 0.359 e. The van der Waals surface area contributed by atoms with Crippen LogP contribution in [-0.2, 0) is 22.4 Å². The van der Waals surface area contributed by atoms with Crippen LogP contribution < -0.4 is 5.32 Å². The van der Waals surface area contributed by atoms with Gasteiger partial charge in [-0.15, -0.1) is 0 Å². The molecular weight excluding hydrogens is 391 g/mol. The Bertz CT molecular complexity index is 986. The quantitative estimate of drug-likeness (QED) is 0.612. The Balaban J connectivity index is 1.61. The molecule has 0 spiro atoms.